The topological polar surface area (TPSA) is 0 Å². The molecule has 0 bridgehead atoms. The lowest BCUT2D eigenvalue weighted by atomic mass is 9.81. The first-order valence-corrected chi connectivity index (χ1v) is 5.60. The van der Waals surface area contributed by atoms with Crippen molar-refractivity contribution in [3.63, 3.8) is 0 Å². The van der Waals surface area contributed by atoms with E-state index < -0.39 is 0 Å². The van der Waals surface area contributed by atoms with Gasteiger partial charge in [-0.1, -0.05) is 50.7 Å². The average Bonchev–Trinajstić information content (AvgIpc) is 1.88. The zero-order valence-electron chi connectivity index (χ0n) is 7.97. The normalized spacial score (nSPS) is 25.7. The Morgan fingerprint density at radius 3 is 1.42 bits per heavy atom. The van der Waals surface area contributed by atoms with Crippen LogP contribution in [0.5, 0.6) is 0 Å². The highest BCUT2D eigenvalue weighted by atomic mass is 14.2. The molecule has 0 aliphatic heterocycles. The Bertz CT molecular complexity index is 131. The molecular formula is C12H20. The molecule has 2 saturated carbocycles. The molecule has 0 aromatic rings. The van der Waals surface area contributed by atoms with Gasteiger partial charge in [0.15, 0.2) is 0 Å². The summed E-state index contributed by atoms with van der Waals surface area (Å²) in [5.41, 5.74) is 0. The van der Waals surface area contributed by atoms with Gasteiger partial charge in [-0.05, 0) is 24.7 Å². The SMILES string of the molecule is C(=CCC1CCC1)CC1CCC1. The standard InChI is InChI=1S/C12H20/c1(5-11-7-3-8-11)2-6-12-9-4-10-12/h1-2,11-12H,3-10H2. The molecule has 0 radical (unpaired) electrons. The van der Waals surface area contributed by atoms with Crippen molar-refractivity contribution in [2.75, 3.05) is 0 Å². The zero-order valence-corrected chi connectivity index (χ0v) is 7.97. The third-order valence-electron chi connectivity index (χ3n) is 3.55. The van der Waals surface area contributed by atoms with Crippen LogP contribution >= 0.6 is 0 Å². The Kier molecular flexibility index (Phi) is 2.86. The predicted molar refractivity (Wildman–Crippen MR) is 53.1 cm³/mol. The van der Waals surface area contributed by atoms with E-state index in [4.69, 9.17) is 0 Å². The fourth-order valence-electron chi connectivity index (χ4n) is 2.03. The quantitative estimate of drug-likeness (QED) is 0.552. The third kappa shape index (κ3) is 2.12. The Morgan fingerprint density at radius 2 is 1.17 bits per heavy atom. The highest BCUT2D eigenvalue weighted by Crippen LogP contribution is 2.31. The van der Waals surface area contributed by atoms with Crippen molar-refractivity contribution in [1.29, 1.82) is 0 Å². The largest absolute Gasteiger partial charge is 0.0883 e. The monoisotopic (exact) mass is 164 g/mol. The van der Waals surface area contributed by atoms with Gasteiger partial charge in [-0.2, -0.15) is 0 Å². The minimum atomic E-state index is 1.06. The maximum atomic E-state index is 2.43. The molecule has 0 heteroatoms. The lowest BCUT2D eigenvalue weighted by Crippen LogP contribution is -2.10. The molecule has 2 aliphatic rings. The minimum Gasteiger partial charge on any atom is -0.0883 e. The molecule has 0 atom stereocenters. The molecule has 0 heterocycles. The van der Waals surface area contributed by atoms with Crippen LogP contribution in [0.4, 0.5) is 0 Å². The first-order chi connectivity index (χ1) is 5.95. The summed E-state index contributed by atoms with van der Waals surface area (Å²) < 4.78 is 0. The van der Waals surface area contributed by atoms with Crippen molar-refractivity contribution in [1.82, 2.24) is 0 Å². The fraction of sp³-hybridized carbons (Fsp3) is 0.833. The van der Waals surface area contributed by atoms with Crippen LogP contribution in [-0.4, -0.2) is 0 Å². The maximum Gasteiger partial charge on any atom is -0.0322 e. The molecule has 0 unspecified atom stereocenters. The van der Waals surface area contributed by atoms with Crippen LogP contribution in [0.1, 0.15) is 51.4 Å². The molecule has 0 aromatic heterocycles. The lowest BCUT2D eigenvalue weighted by molar-refractivity contribution is 0.312. The van der Waals surface area contributed by atoms with Crippen molar-refractivity contribution in [2.24, 2.45) is 11.8 Å². The molecule has 12 heavy (non-hydrogen) atoms. The first kappa shape index (κ1) is 8.34. The van der Waals surface area contributed by atoms with E-state index in [0.717, 1.165) is 11.8 Å². The van der Waals surface area contributed by atoms with Gasteiger partial charge in [-0.25, -0.2) is 0 Å². The van der Waals surface area contributed by atoms with Crippen molar-refractivity contribution in [3.05, 3.63) is 12.2 Å². The van der Waals surface area contributed by atoms with Gasteiger partial charge in [-0.15, -0.1) is 0 Å². The molecule has 0 saturated heterocycles. The Labute approximate surface area is 76.1 Å². The molecule has 0 spiro atoms. The van der Waals surface area contributed by atoms with Crippen molar-refractivity contribution in [2.45, 2.75) is 51.4 Å². The smallest absolute Gasteiger partial charge is 0.0322 e. The molecule has 0 aromatic carbocycles. The second-order valence-corrected chi connectivity index (χ2v) is 4.54. The molecule has 2 fully saturated rings. The molecule has 0 N–H and O–H groups in total. The van der Waals surface area contributed by atoms with E-state index in [1.165, 1.54) is 51.4 Å². The van der Waals surface area contributed by atoms with Gasteiger partial charge in [0, 0.05) is 0 Å². The molecule has 2 rings (SSSR count). The summed E-state index contributed by atoms with van der Waals surface area (Å²) in [5, 5.41) is 0. The fourth-order valence-corrected chi connectivity index (χ4v) is 2.03. The van der Waals surface area contributed by atoms with Gasteiger partial charge in [0.1, 0.15) is 0 Å². The first-order valence-electron chi connectivity index (χ1n) is 5.60. The van der Waals surface area contributed by atoms with Crippen molar-refractivity contribution < 1.29 is 0 Å². The molecule has 2 aliphatic carbocycles. The van der Waals surface area contributed by atoms with Crippen molar-refractivity contribution in [3.8, 4) is 0 Å². The second kappa shape index (κ2) is 4.11. The van der Waals surface area contributed by atoms with Crippen LogP contribution in [-0.2, 0) is 0 Å². The molecule has 68 valence electrons. The van der Waals surface area contributed by atoms with Crippen LogP contribution in [0, 0.1) is 11.8 Å². The van der Waals surface area contributed by atoms with Crippen molar-refractivity contribution >= 4 is 0 Å². The summed E-state index contributed by atoms with van der Waals surface area (Å²) in [4.78, 5) is 0. The summed E-state index contributed by atoms with van der Waals surface area (Å²) in [6.07, 6.45) is 16.6. The number of allylic oxidation sites excluding steroid dienone is 2. The van der Waals surface area contributed by atoms with E-state index in [9.17, 15) is 0 Å². The molecule has 0 amide bonds. The van der Waals surface area contributed by atoms with Crippen LogP contribution in [0.2, 0.25) is 0 Å². The van der Waals surface area contributed by atoms with Gasteiger partial charge in [-0.3, -0.25) is 0 Å². The molecule has 0 nitrogen and oxygen atoms in total. The Balaban J connectivity index is 1.52. The Morgan fingerprint density at radius 1 is 0.750 bits per heavy atom. The summed E-state index contributed by atoms with van der Waals surface area (Å²) in [6.45, 7) is 0. The zero-order chi connectivity index (χ0) is 8.23. The average molecular weight is 164 g/mol. The summed E-state index contributed by atoms with van der Waals surface area (Å²) in [7, 11) is 0. The highest BCUT2D eigenvalue weighted by Gasteiger charge is 2.16. The second-order valence-electron chi connectivity index (χ2n) is 4.54. The van der Waals surface area contributed by atoms with Gasteiger partial charge in [0.25, 0.3) is 0 Å². The van der Waals surface area contributed by atoms with E-state index in [1.807, 2.05) is 0 Å². The molecular weight excluding hydrogens is 144 g/mol. The summed E-state index contributed by atoms with van der Waals surface area (Å²) in [6, 6.07) is 0. The van der Waals surface area contributed by atoms with E-state index in [0.29, 0.717) is 0 Å². The van der Waals surface area contributed by atoms with Crippen LogP contribution in [0.3, 0.4) is 0 Å². The van der Waals surface area contributed by atoms with E-state index in [2.05, 4.69) is 12.2 Å². The van der Waals surface area contributed by atoms with Crippen LogP contribution in [0.25, 0.3) is 0 Å². The van der Waals surface area contributed by atoms with Gasteiger partial charge in [0.2, 0.25) is 0 Å². The summed E-state index contributed by atoms with van der Waals surface area (Å²) in [5.74, 6) is 2.12. The third-order valence-corrected chi connectivity index (χ3v) is 3.55. The highest BCUT2D eigenvalue weighted by molar-refractivity contribution is 4.89. The Hall–Kier alpha value is -0.260. The maximum absolute atomic E-state index is 2.43. The van der Waals surface area contributed by atoms with E-state index in [1.54, 1.807) is 0 Å². The number of hydrogen-bond donors (Lipinski definition) is 0. The summed E-state index contributed by atoms with van der Waals surface area (Å²) >= 11 is 0. The van der Waals surface area contributed by atoms with E-state index >= 15 is 0 Å². The lowest BCUT2D eigenvalue weighted by Gasteiger charge is -2.25. The van der Waals surface area contributed by atoms with E-state index in [-0.39, 0.29) is 0 Å². The van der Waals surface area contributed by atoms with Gasteiger partial charge < -0.3 is 0 Å². The minimum absolute atomic E-state index is 1.06. The predicted octanol–water partition coefficient (Wildman–Crippen LogP) is 3.92. The number of rotatable bonds is 4. The van der Waals surface area contributed by atoms with Gasteiger partial charge >= 0.3 is 0 Å². The van der Waals surface area contributed by atoms with Crippen LogP contribution in [0.15, 0.2) is 12.2 Å². The number of hydrogen-bond acceptors (Lipinski definition) is 0. The van der Waals surface area contributed by atoms with Crippen LogP contribution < -0.4 is 0 Å². The van der Waals surface area contributed by atoms with Gasteiger partial charge in [0.05, 0.1) is 0 Å².